The van der Waals surface area contributed by atoms with Crippen molar-refractivity contribution >= 4 is 11.6 Å². The quantitative estimate of drug-likeness (QED) is 0.824. The molecule has 0 spiro atoms. The summed E-state index contributed by atoms with van der Waals surface area (Å²) in [4.78, 5) is 11.8. The van der Waals surface area contributed by atoms with Crippen molar-refractivity contribution in [3.8, 4) is 0 Å². The zero-order chi connectivity index (χ0) is 13.8. The summed E-state index contributed by atoms with van der Waals surface area (Å²) >= 11 is 0. The number of halogens is 2. The van der Waals surface area contributed by atoms with Gasteiger partial charge in [-0.15, -0.1) is 0 Å². The first kappa shape index (κ1) is 13.7. The lowest BCUT2D eigenvalue weighted by molar-refractivity contribution is 0.0169. The van der Waals surface area contributed by atoms with Crippen molar-refractivity contribution in [2.24, 2.45) is 0 Å². The molecule has 1 atom stereocenters. The lowest BCUT2D eigenvalue weighted by atomic mass is 10.1. The van der Waals surface area contributed by atoms with Crippen LogP contribution in [0, 0.1) is 11.6 Å². The Labute approximate surface area is 109 Å². The Balaban J connectivity index is 1.97. The Morgan fingerprint density at radius 2 is 2.11 bits per heavy atom. The van der Waals surface area contributed by atoms with Crippen molar-refractivity contribution in [1.29, 1.82) is 0 Å². The molecule has 6 heteroatoms. The minimum atomic E-state index is -1.09. The van der Waals surface area contributed by atoms with Crippen LogP contribution in [0.4, 0.5) is 14.5 Å². The highest BCUT2D eigenvalue weighted by atomic mass is 19.2. The maximum Gasteiger partial charge on any atom is 0.253 e. The zero-order valence-electron chi connectivity index (χ0n) is 10.4. The third kappa shape index (κ3) is 3.41. The fraction of sp³-hybridized carbons (Fsp3) is 0.462. The molecule has 104 valence electrons. The molecular weight excluding hydrogens is 254 g/mol. The number of hydrogen-bond donors (Lipinski definition) is 2. The van der Waals surface area contributed by atoms with Crippen LogP contribution in [0.2, 0.25) is 0 Å². The first-order valence-electron chi connectivity index (χ1n) is 6.22. The maximum atomic E-state index is 13.1. The van der Waals surface area contributed by atoms with E-state index in [0.29, 0.717) is 13.2 Å². The van der Waals surface area contributed by atoms with Gasteiger partial charge in [0.15, 0.2) is 11.6 Å². The molecule has 1 unspecified atom stereocenters. The molecular formula is C13H16F2N2O2. The number of rotatable bonds is 3. The summed E-state index contributed by atoms with van der Waals surface area (Å²) in [5.41, 5.74) is 5.36. The normalized spacial score (nSPS) is 19.2. The molecule has 3 N–H and O–H groups in total. The van der Waals surface area contributed by atoms with Crippen molar-refractivity contribution in [2.45, 2.75) is 25.4 Å². The van der Waals surface area contributed by atoms with Crippen LogP contribution >= 0.6 is 0 Å². The summed E-state index contributed by atoms with van der Waals surface area (Å²) < 4.78 is 31.4. The molecule has 0 radical (unpaired) electrons. The van der Waals surface area contributed by atoms with E-state index in [-0.39, 0.29) is 17.4 Å². The summed E-state index contributed by atoms with van der Waals surface area (Å²) in [6, 6.07) is 1.61. The highest BCUT2D eigenvalue weighted by Crippen LogP contribution is 2.17. The molecule has 2 rings (SSSR count). The monoisotopic (exact) mass is 270 g/mol. The van der Waals surface area contributed by atoms with E-state index in [0.717, 1.165) is 31.4 Å². The van der Waals surface area contributed by atoms with Crippen LogP contribution in [0.25, 0.3) is 0 Å². The number of hydrogen-bond acceptors (Lipinski definition) is 3. The highest BCUT2D eigenvalue weighted by molar-refractivity contribution is 5.99. The number of nitrogen functional groups attached to an aromatic ring is 1. The van der Waals surface area contributed by atoms with Crippen molar-refractivity contribution in [1.82, 2.24) is 5.32 Å². The highest BCUT2D eigenvalue weighted by Gasteiger charge is 2.18. The molecule has 4 nitrogen and oxygen atoms in total. The Bertz CT molecular complexity index is 474. The second-order valence-corrected chi connectivity index (χ2v) is 4.55. The van der Waals surface area contributed by atoms with Crippen LogP contribution < -0.4 is 11.1 Å². The van der Waals surface area contributed by atoms with Gasteiger partial charge < -0.3 is 15.8 Å². The number of amides is 1. The summed E-state index contributed by atoms with van der Waals surface area (Å²) in [5.74, 6) is -2.68. The van der Waals surface area contributed by atoms with Gasteiger partial charge >= 0.3 is 0 Å². The van der Waals surface area contributed by atoms with Gasteiger partial charge in [-0.2, -0.15) is 0 Å². The van der Waals surface area contributed by atoms with Crippen LogP contribution in [-0.2, 0) is 4.74 Å². The Morgan fingerprint density at radius 3 is 2.79 bits per heavy atom. The van der Waals surface area contributed by atoms with Crippen molar-refractivity contribution in [2.75, 3.05) is 18.9 Å². The van der Waals surface area contributed by atoms with E-state index in [1.165, 1.54) is 0 Å². The largest absolute Gasteiger partial charge is 0.398 e. The molecule has 1 fully saturated rings. The van der Waals surface area contributed by atoms with Crippen molar-refractivity contribution in [3.05, 3.63) is 29.3 Å². The minimum absolute atomic E-state index is 0.0239. The van der Waals surface area contributed by atoms with Crippen molar-refractivity contribution in [3.63, 3.8) is 0 Å². The molecule has 1 aliphatic heterocycles. The van der Waals surface area contributed by atoms with Gasteiger partial charge in [0.05, 0.1) is 11.7 Å². The Kier molecular flexibility index (Phi) is 4.31. The Hall–Kier alpha value is -1.69. The van der Waals surface area contributed by atoms with E-state index in [2.05, 4.69) is 5.32 Å². The van der Waals surface area contributed by atoms with Gasteiger partial charge in [-0.25, -0.2) is 8.78 Å². The van der Waals surface area contributed by atoms with Gasteiger partial charge in [0.2, 0.25) is 0 Å². The SMILES string of the molecule is Nc1cc(F)c(F)cc1C(=O)NCC1CCCCO1. The topological polar surface area (TPSA) is 64.4 Å². The van der Waals surface area contributed by atoms with Gasteiger partial charge in [0.1, 0.15) is 0 Å². The fourth-order valence-electron chi connectivity index (χ4n) is 2.03. The number of anilines is 1. The standard InChI is InChI=1S/C13H16F2N2O2/c14-10-5-9(12(16)6-11(10)15)13(18)17-7-8-3-1-2-4-19-8/h5-6,8H,1-4,7,16H2,(H,17,18). The van der Waals surface area contributed by atoms with E-state index in [9.17, 15) is 13.6 Å². The van der Waals surface area contributed by atoms with Gasteiger partial charge in [-0.1, -0.05) is 0 Å². The van der Waals surface area contributed by atoms with Gasteiger partial charge in [0.25, 0.3) is 5.91 Å². The molecule has 1 aliphatic rings. The molecule has 0 saturated carbocycles. The number of benzene rings is 1. The molecule has 0 aromatic heterocycles. The van der Waals surface area contributed by atoms with E-state index in [1.807, 2.05) is 0 Å². The predicted octanol–water partition coefficient (Wildman–Crippen LogP) is 1.85. The van der Waals surface area contributed by atoms with E-state index in [1.54, 1.807) is 0 Å². The lowest BCUT2D eigenvalue weighted by Gasteiger charge is -2.22. The number of carbonyl (C=O) groups is 1. The van der Waals surface area contributed by atoms with E-state index < -0.39 is 17.5 Å². The number of nitrogens with one attached hydrogen (secondary N) is 1. The third-order valence-electron chi connectivity index (χ3n) is 3.10. The second kappa shape index (κ2) is 5.97. The first-order chi connectivity index (χ1) is 9.08. The van der Waals surface area contributed by atoms with Crippen LogP contribution in [0.15, 0.2) is 12.1 Å². The van der Waals surface area contributed by atoms with Gasteiger partial charge in [-0.05, 0) is 25.3 Å². The molecule has 1 saturated heterocycles. The van der Waals surface area contributed by atoms with Gasteiger partial charge in [-0.3, -0.25) is 4.79 Å². The minimum Gasteiger partial charge on any atom is -0.398 e. The van der Waals surface area contributed by atoms with Crippen molar-refractivity contribution < 1.29 is 18.3 Å². The van der Waals surface area contributed by atoms with Crippen LogP contribution in [0.5, 0.6) is 0 Å². The summed E-state index contributed by atoms with van der Waals surface area (Å²) in [7, 11) is 0. The number of carbonyl (C=O) groups excluding carboxylic acids is 1. The predicted molar refractivity (Wildman–Crippen MR) is 66.7 cm³/mol. The maximum absolute atomic E-state index is 13.1. The second-order valence-electron chi connectivity index (χ2n) is 4.55. The molecule has 1 amide bonds. The molecule has 0 bridgehead atoms. The van der Waals surface area contributed by atoms with Crippen LogP contribution in [0.1, 0.15) is 29.6 Å². The molecule has 1 aromatic carbocycles. The van der Waals surface area contributed by atoms with E-state index in [4.69, 9.17) is 10.5 Å². The van der Waals surface area contributed by atoms with Crippen LogP contribution in [0.3, 0.4) is 0 Å². The molecule has 1 heterocycles. The van der Waals surface area contributed by atoms with Crippen LogP contribution in [-0.4, -0.2) is 25.2 Å². The van der Waals surface area contributed by atoms with E-state index >= 15 is 0 Å². The first-order valence-corrected chi connectivity index (χ1v) is 6.22. The Morgan fingerprint density at radius 1 is 1.37 bits per heavy atom. The average molecular weight is 270 g/mol. The fourth-order valence-corrected chi connectivity index (χ4v) is 2.03. The van der Waals surface area contributed by atoms with Gasteiger partial charge in [0, 0.05) is 24.9 Å². The third-order valence-corrected chi connectivity index (χ3v) is 3.10. The average Bonchev–Trinajstić information content (AvgIpc) is 2.41. The zero-order valence-corrected chi connectivity index (χ0v) is 10.4. The number of ether oxygens (including phenoxy) is 1. The lowest BCUT2D eigenvalue weighted by Crippen LogP contribution is -2.35. The smallest absolute Gasteiger partial charge is 0.253 e. The summed E-state index contributed by atoms with van der Waals surface area (Å²) in [6.07, 6.45) is 2.95. The number of nitrogens with two attached hydrogens (primary N) is 1. The summed E-state index contributed by atoms with van der Waals surface area (Å²) in [5, 5.41) is 2.62. The molecule has 0 aliphatic carbocycles. The summed E-state index contributed by atoms with van der Waals surface area (Å²) in [6.45, 7) is 1.03. The molecule has 19 heavy (non-hydrogen) atoms. The molecule has 1 aromatic rings.